The fourth-order valence-electron chi connectivity index (χ4n) is 7.84. The van der Waals surface area contributed by atoms with E-state index in [9.17, 15) is 14.0 Å². The molecular weight excluding hydrogens is 568 g/mol. The maximum atomic E-state index is 14.2. The second kappa shape index (κ2) is 11.0. The van der Waals surface area contributed by atoms with Crippen molar-refractivity contribution in [1.29, 1.82) is 5.26 Å². The van der Waals surface area contributed by atoms with Gasteiger partial charge >= 0.3 is 0 Å². The number of hydrogen-bond acceptors (Lipinski definition) is 10. The molecule has 4 aliphatic rings. The van der Waals surface area contributed by atoms with Gasteiger partial charge in [0.2, 0.25) is 11.8 Å². The molecule has 1 spiro atoms. The molecule has 4 atom stereocenters. The zero-order chi connectivity index (χ0) is 30.6. The van der Waals surface area contributed by atoms with Crippen LogP contribution in [0.25, 0.3) is 11.5 Å². The molecule has 0 amide bonds. The van der Waals surface area contributed by atoms with Crippen LogP contribution in [0.4, 0.5) is 14.5 Å². The Kier molecular flexibility index (Phi) is 7.21. The zero-order valence-corrected chi connectivity index (χ0v) is 25.0. The number of rotatable bonds is 6. The van der Waals surface area contributed by atoms with Crippen molar-refractivity contribution in [2.45, 2.75) is 87.9 Å². The molecule has 3 aromatic rings. The average molecular weight is 606 g/mol. The van der Waals surface area contributed by atoms with Crippen LogP contribution in [0.5, 0.6) is 11.8 Å². The summed E-state index contributed by atoms with van der Waals surface area (Å²) in [6.07, 6.45) is 4.72. The maximum absolute atomic E-state index is 14.2. The van der Waals surface area contributed by atoms with Crippen molar-refractivity contribution in [3.8, 4) is 29.3 Å². The molecule has 7 rings (SSSR count). The van der Waals surface area contributed by atoms with Crippen LogP contribution in [0.3, 0.4) is 0 Å². The molecular formula is C32H37F2N7O3. The van der Waals surface area contributed by atoms with Crippen molar-refractivity contribution >= 4 is 5.69 Å². The summed E-state index contributed by atoms with van der Waals surface area (Å²) < 4.78 is 46.9. The molecule has 2 fully saturated rings. The SMILES string of the molecule is CC(Oc1cc(OC2CNCC(F)(F)C2)nc(-c2noc3c2CCCC32CCc3ccc(N)c(C#N)c32)n1)C1CCCN1C. The number of anilines is 1. The number of benzene rings is 1. The van der Waals surface area contributed by atoms with Gasteiger partial charge in [-0.15, -0.1) is 0 Å². The number of nitrogens with zero attached hydrogens (tertiary/aromatic N) is 5. The number of nitriles is 1. The van der Waals surface area contributed by atoms with Gasteiger partial charge in [0, 0.05) is 23.8 Å². The third-order valence-electron chi connectivity index (χ3n) is 9.87. The van der Waals surface area contributed by atoms with E-state index in [0.717, 1.165) is 61.8 Å². The Morgan fingerprint density at radius 2 is 2.05 bits per heavy atom. The monoisotopic (exact) mass is 605 g/mol. The van der Waals surface area contributed by atoms with Crippen LogP contribution in [0, 0.1) is 11.3 Å². The molecule has 0 bridgehead atoms. The fourth-order valence-corrected chi connectivity index (χ4v) is 7.84. The fraction of sp³-hybridized carbons (Fsp3) is 0.562. The van der Waals surface area contributed by atoms with Crippen molar-refractivity contribution < 1.29 is 22.8 Å². The smallest absolute Gasteiger partial charge is 0.263 e. The first kappa shape index (κ1) is 28.9. The van der Waals surface area contributed by atoms with Gasteiger partial charge in [-0.1, -0.05) is 11.2 Å². The Labute approximate surface area is 254 Å². The van der Waals surface area contributed by atoms with E-state index in [1.807, 2.05) is 13.0 Å². The molecule has 12 heteroatoms. The lowest BCUT2D eigenvalue weighted by atomic mass is 9.68. The minimum Gasteiger partial charge on any atom is -0.473 e. The molecule has 2 aliphatic carbocycles. The van der Waals surface area contributed by atoms with Gasteiger partial charge in [-0.2, -0.15) is 15.2 Å². The molecule has 3 N–H and O–H groups in total. The van der Waals surface area contributed by atoms with Gasteiger partial charge in [-0.25, -0.2) is 8.78 Å². The molecule has 0 radical (unpaired) electrons. The number of nitrogen functional groups attached to an aromatic ring is 1. The molecule has 1 aromatic carbocycles. The van der Waals surface area contributed by atoms with E-state index in [0.29, 0.717) is 35.0 Å². The summed E-state index contributed by atoms with van der Waals surface area (Å²) in [5.41, 5.74) is 10.1. The summed E-state index contributed by atoms with van der Waals surface area (Å²) in [7, 11) is 2.08. The van der Waals surface area contributed by atoms with Crippen molar-refractivity contribution in [2.24, 2.45) is 0 Å². The van der Waals surface area contributed by atoms with Crippen LogP contribution in [-0.4, -0.2) is 70.9 Å². The van der Waals surface area contributed by atoms with Crippen LogP contribution in [0.15, 0.2) is 22.7 Å². The number of aromatic nitrogens is 3. The second-order valence-corrected chi connectivity index (χ2v) is 12.8. The topological polar surface area (TPSA) is 135 Å². The van der Waals surface area contributed by atoms with Gasteiger partial charge < -0.3 is 25.0 Å². The quantitative estimate of drug-likeness (QED) is 0.390. The van der Waals surface area contributed by atoms with Crippen LogP contribution in [0.2, 0.25) is 0 Å². The first-order chi connectivity index (χ1) is 21.2. The van der Waals surface area contributed by atoms with E-state index in [4.69, 9.17) is 24.7 Å². The molecule has 2 aromatic heterocycles. The van der Waals surface area contributed by atoms with Gasteiger partial charge in [0.25, 0.3) is 5.92 Å². The Bertz CT molecular complexity index is 1600. The summed E-state index contributed by atoms with van der Waals surface area (Å²) in [5.74, 6) is -1.46. The molecule has 4 unspecified atom stereocenters. The maximum Gasteiger partial charge on any atom is 0.263 e. The van der Waals surface area contributed by atoms with E-state index < -0.39 is 23.9 Å². The third-order valence-corrected chi connectivity index (χ3v) is 9.87. The molecule has 4 heterocycles. The number of halogens is 2. The summed E-state index contributed by atoms with van der Waals surface area (Å²) >= 11 is 0. The van der Waals surface area contributed by atoms with Crippen LogP contribution in [0.1, 0.15) is 73.5 Å². The number of ether oxygens (including phenoxy) is 2. The van der Waals surface area contributed by atoms with Gasteiger partial charge in [-0.3, -0.25) is 4.90 Å². The Hall–Kier alpha value is -3.82. The van der Waals surface area contributed by atoms with Crippen molar-refractivity contribution in [1.82, 2.24) is 25.3 Å². The Morgan fingerprint density at radius 3 is 2.82 bits per heavy atom. The number of nitrogens with one attached hydrogen (secondary N) is 1. The van der Waals surface area contributed by atoms with Gasteiger partial charge in [0.15, 0.2) is 17.3 Å². The zero-order valence-electron chi connectivity index (χ0n) is 25.0. The molecule has 10 nitrogen and oxygen atoms in total. The van der Waals surface area contributed by atoms with Gasteiger partial charge in [0.05, 0.1) is 30.0 Å². The lowest BCUT2D eigenvalue weighted by Gasteiger charge is -2.33. The molecule has 232 valence electrons. The van der Waals surface area contributed by atoms with Crippen LogP contribution >= 0.6 is 0 Å². The first-order valence-electron chi connectivity index (χ1n) is 15.5. The highest BCUT2D eigenvalue weighted by Crippen LogP contribution is 2.54. The third kappa shape index (κ3) is 4.96. The highest BCUT2D eigenvalue weighted by atomic mass is 19.3. The van der Waals surface area contributed by atoms with E-state index in [1.165, 1.54) is 0 Å². The van der Waals surface area contributed by atoms with Crippen molar-refractivity contribution in [3.05, 3.63) is 46.2 Å². The van der Waals surface area contributed by atoms with Crippen molar-refractivity contribution in [3.63, 3.8) is 0 Å². The standard InChI is InChI=1S/C32H37F2N7O3/c1-18(24-6-4-12-41(24)2)42-25-13-26(43-20-14-32(33,34)17-37-16-20)39-30(38-25)28-21-5-3-10-31(29(21)44-40-28)11-9-19-7-8-23(36)22(15-35)27(19)31/h7-8,13,18,20,24,37H,3-6,9-12,14,16-17,36H2,1-2H3. The highest BCUT2D eigenvalue weighted by molar-refractivity contribution is 5.68. The number of aryl methyl sites for hydroxylation is 1. The van der Waals surface area contributed by atoms with E-state index >= 15 is 0 Å². The second-order valence-electron chi connectivity index (χ2n) is 12.8. The number of hydrogen-bond donors (Lipinski definition) is 2. The van der Waals surface area contributed by atoms with Gasteiger partial charge in [0.1, 0.15) is 18.3 Å². The molecule has 44 heavy (non-hydrogen) atoms. The Morgan fingerprint density at radius 1 is 1.20 bits per heavy atom. The summed E-state index contributed by atoms with van der Waals surface area (Å²) in [5, 5.41) is 17.3. The lowest BCUT2D eigenvalue weighted by molar-refractivity contribution is -0.0576. The molecule has 2 saturated heterocycles. The van der Waals surface area contributed by atoms with Crippen LogP contribution < -0.4 is 20.5 Å². The minimum atomic E-state index is -2.87. The predicted octanol–water partition coefficient (Wildman–Crippen LogP) is 4.39. The minimum absolute atomic E-state index is 0.148. The number of likely N-dealkylation sites (N-methyl/N-ethyl adjacent to an activating group) is 1. The van der Waals surface area contributed by atoms with Gasteiger partial charge in [-0.05, 0) is 82.7 Å². The lowest BCUT2D eigenvalue weighted by Crippen LogP contribution is -2.48. The number of piperidine rings is 1. The van der Waals surface area contributed by atoms with E-state index in [-0.39, 0.29) is 36.9 Å². The summed E-state index contributed by atoms with van der Waals surface area (Å²) in [6, 6.07) is 7.94. The first-order valence-corrected chi connectivity index (χ1v) is 15.5. The summed E-state index contributed by atoms with van der Waals surface area (Å²) in [6.45, 7) is 2.91. The van der Waals surface area contributed by atoms with E-state index in [1.54, 1.807) is 12.1 Å². The molecule has 0 saturated carbocycles. The predicted molar refractivity (Wildman–Crippen MR) is 158 cm³/mol. The number of likely N-dealkylation sites (tertiary alicyclic amines) is 1. The van der Waals surface area contributed by atoms with Crippen LogP contribution in [-0.2, 0) is 18.3 Å². The summed E-state index contributed by atoms with van der Waals surface area (Å²) in [4.78, 5) is 11.7. The van der Waals surface area contributed by atoms with Crippen molar-refractivity contribution in [2.75, 3.05) is 32.4 Å². The average Bonchev–Trinajstić information content (AvgIpc) is 3.71. The largest absolute Gasteiger partial charge is 0.473 e. The highest BCUT2D eigenvalue weighted by Gasteiger charge is 2.49. The number of nitrogens with two attached hydrogens (primary N) is 1. The number of alkyl halides is 2. The Balaban J connectivity index is 1.28. The molecule has 2 aliphatic heterocycles. The van der Waals surface area contributed by atoms with E-state index in [2.05, 4.69) is 33.5 Å². The normalized spacial score (nSPS) is 26.6. The number of fused-ring (bicyclic) bond motifs is 4.